The minimum atomic E-state index is -0.483. The van der Waals surface area contributed by atoms with Gasteiger partial charge >= 0.3 is 0 Å². The molecule has 26 heavy (non-hydrogen) atoms. The van der Waals surface area contributed by atoms with Crippen molar-refractivity contribution in [3.63, 3.8) is 0 Å². The Morgan fingerprint density at radius 2 is 2.08 bits per heavy atom. The third-order valence-electron chi connectivity index (χ3n) is 5.40. The molecule has 2 aliphatic rings. The Balaban J connectivity index is 1.45. The van der Waals surface area contributed by atoms with Crippen LogP contribution < -0.4 is 5.32 Å². The van der Waals surface area contributed by atoms with Gasteiger partial charge in [-0.1, -0.05) is 55.5 Å². The zero-order chi connectivity index (χ0) is 17.9. The molecular formula is C22H24N2O2. The molecule has 0 fully saturated rings. The van der Waals surface area contributed by atoms with E-state index < -0.39 is 6.10 Å². The van der Waals surface area contributed by atoms with Crippen molar-refractivity contribution in [2.75, 3.05) is 11.9 Å². The van der Waals surface area contributed by atoms with Crippen LogP contribution in [0.2, 0.25) is 0 Å². The molecule has 134 valence electrons. The number of nitrogens with one attached hydrogen (secondary N) is 1. The van der Waals surface area contributed by atoms with Crippen LogP contribution in [0, 0.1) is 11.8 Å². The predicted octanol–water partition coefficient (Wildman–Crippen LogP) is 3.87. The fourth-order valence-electron chi connectivity index (χ4n) is 3.87. The second-order valence-corrected chi connectivity index (χ2v) is 7.01. The van der Waals surface area contributed by atoms with Crippen LogP contribution in [-0.4, -0.2) is 22.7 Å². The summed E-state index contributed by atoms with van der Waals surface area (Å²) in [4.78, 5) is 4.36. The summed E-state index contributed by atoms with van der Waals surface area (Å²) in [5.41, 5.74) is 2.24. The lowest BCUT2D eigenvalue weighted by Crippen LogP contribution is -2.34. The Labute approximate surface area is 154 Å². The Kier molecular flexibility index (Phi) is 4.76. The minimum Gasteiger partial charge on any atom is -0.493 e. The lowest BCUT2D eigenvalue weighted by atomic mass is 9.78. The summed E-state index contributed by atoms with van der Waals surface area (Å²) in [6.07, 6.45) is 7.41. The maximum absolute atomic E-state index is 11.1. The average molecular weight is 348 g/mol. The fourth-order valence-corrected chi connectivity index (χ4v) is 3.87. The molecule has 4 nitrogen and oxygen atoms in total. The second kappa shape index (κ2) is 7.34. The molecule has 0 saturated carbocycles. The van der Waals surface area contributed by atoms with E-state index in [9.17, 15) is 5.11 Å². The molecular weight excluding hydrogens is 324 g/mol. The van der Waals surface area contributed by atoms with E-state index in [0.29, 0.717) is 13.2 Å². The highest BCUT2D eigenvalue weighted by molar-refractivity contribution is 5.52. The number of pyridine rings is 1. The van der Waals surface area contributed by atoms with Gasteiger partial charge in [0, 0.05) is 36.1 Å². The molecule has 4 rings (SSSR count). The third kappa shape index (κ3) is 3.25. The smallest absolute Gasteiger partial charge is 0.129 e. The van der Waals surface area contributed by atoms with Gasteiger partial charge in [-0.25, -0.2) is 4.98 Å². The first-order valence-corrected chi connectivity index (χ1v) is 9.16. The highest BCUT2D eigenvalue weighted by Crippen LogP contribution is 2.39. The van der Waals surface area contributed by atoms with Gasteiger partial charge in [0.1, 0.15) is 12.4 Å². The number of aromatic nitrogens is 1. The van der Waals surface area contributed by atoms with Crippen LogP contribution >= 0.6 is 0 Å². The topological polar surface area (TPSA) is 54.4 Å². The number of hydrogen-bond acceptors (Lipinski definition) is 4. The largest absolute Gasteiger partial charge is 0.493 e. The number of nitrogens with zero attached hydrogens (tertiary/aromatic N) is 1. The lowest BCUT2D eigenvalue weighted by Gasteiger charge is -2.32. The van der Waals surface area contributed by atoms with Crippen LogP contribution in [0.3, 0.4) is 0 Å². The Morgan fingerprint density at radius 3 is 2.92 bits per heavy atom. The van der Waals surface area contributed by atoms with E-state index in [4.69, 9.17) is 4.74 Å². The number of hydrogen-bond donors (Lipinski definition) is 2. The molecule has 0 bridgehead atoms. The van der Waals surface area contributed by atoms with Crippen LogP contribution in [-0.2, 0) is 11.3 Å². The molecule has 4 atom stereocenters. The fraction of sp³-hybridized carbons (Fsp3) is 0.318. The average Bonchev–Trinajstić information content (AvgIpc) is 3.12. The molecule has 0 amide bonds. The predicted molar refractivity (Wildman–Crippen MR) is 103 cm³/mol. The van der Waals surface area contributed by atoms with Crippen molar-refractivity contribution < 1.29 is 9.84 Å². The molecule has 2 aromatic rings. The first-order valence-electron chi connectivity index (χ1n) is 9.16. The Morgan fingerprint density at radius 1 is 1.23 bits per heavy atom. The molecule has 1 aromatic carbocycles. The summed E-state index contributed by atoms with van der Waals surface area (Å²) >= 11 is 0. The minimum absolute atomic E-state index is 0.0173. The first-order chi connectivity index (χ1) is 12.7. The van der Waals surface area contributed by atoms with E-state index in [1.165, 1.54) is 0 Å². The van der Waals surface area contributed by atoms with Crippen molar-refractivity contribution in [1.82, 2.24) is 4.98 Å². The van der Waals surface area contributed by atoms with Crippen LogP contribution in [0.25, 0.3) is 0 Å². The van der Waals surface area contributed by atoms with E-state index in [1.807, 2.05) is 36.4 Å². The number of anilines is 1. The number of ether oxygens (including phenoxy) is 1. The monoisotopic (exact) mass is 348 g/mol. The molecule has 4 heteroatoms. The summed E-state index contributed by atoms with van der Waals surface area (Å²) in [7, 11) is 0. The molecule has 4 unspecified atom stereocenters. The van der Waals surface area contributed by atoms with Crippen molar-refractivity contribution >= 4 is 5.82 Å². The van der Waals surface area contributed by atoms with Crippen molar-refractivity contribution in [2.24, 2.45) is 11.8 Å². The molecule has 2 heterocycles. The molecule has 1 aromatic heterocycles. The van der Waals surface area contributed by atoms with Gasteiger partial charge in [0.05, 0.1) is 11.9 Å². The third-order valence-corrected chi connectivity index (χ3v) is 5.40. The van der Waals surface area contributed by atoms with Gasteiger partial charge in [-0.3, -0.25) is 0 Å². The van der Waals surface area contributed by atoms with Crippen LogP contribution in [0.5, 0.6) is 0 Å². The number of benzene rings is 1. The van der Waals surface area contributed by atoms with Gasteiger partial charge in [-0.15, -0.1) is 0 Å². The number of rotatable bonds is 5. The van der Waals surface area contributed by atoms with Crippen molar-refractivity contribution in [2.45, 2.75) is 25.6 Å². The van der Waals surface area contributed by atoms with E-state index >= 15 is 0 Å². The SMILES string of the molecule is CC1C(OCc2ccccc2)=CC=CC1C(O)C1CNc2ncccc21. The zero-order valence-electron chi connectivity index (χ0n) is 14.9. The van der Waals surface area contributed by atoms with Gasteiger partial charge in [-0.2, -0.15) is 0 Å². The second-order valence-electron chi connectivity index (χ2n) is 7.01. The zero-order valence-corrected chi connectivity index (χ0v) is 14.9. The molecule has 1 aliphatic carbocycles. The molecule has 0 radical (unpaired) electrons. The van der Waals surface area contributed by atoms with Gasteiger partial charge in [0.15, 0.2) is 0 Å². The maximum atomic E-state index is 11.1. The number of allylic oxidation sites excluding steroid dienone is 3. The summed E-state index contributed by atoms with van der Waals surface area (Å²) in [6, 6.07) is 14.1. The number of fused-ring (bicyclic) bond motifs is 1. The van der Waals surface area contributed by atoms with Gasteiger partial charge in [0.25, 0.3) is 0 Å². The maximum Gasteiger partial charge on any atom is 0.129 e. The van der Waals surface area contributed by atoms with Crippen molar-refractivity contribution in [1.29, 1.82) is 0 Å². The lowest BCUT2D eigenvalue weighted by molar-refractivity contribution is 0.0641. The van der Waals surface area contributed by atoms with Gasteiger partial charge < -0.3 is 15.2 Å². The van der Waals surface area contributed by atoms with Crippen LogP contribution in [0.4, 0.5) is 5.82 Å². The van der Waals surface area contributed by atoms with Crippen molar-refractivity contribution in [3.05, 3.63) is 83.8 Å². The summed E-state index contributed by atoms with van der Waals surface area (Å²) < 4.78 is 6.06. The van der Waals surface area contributed by atoms with Crippen LogP contribution in [0.1, 0.15) is 24.0 Å². The van der Waals surface area contributed by atoms with E-state index in [-0.39, 0.29) is 17.8 Å². The van der Waals surface area contributed by atoms with E-state index in [0.717, 1.165) is 22.7 Å². The Bertz CT molecular complexity index is 816. The van der Waals surface area contributed by atoms with Gasteiger partial charge in [0.2, 0.25) is 0 Å². The van der Waals surface area contributed by atoms with E-state index in [1.54, 1.807) is 6.20 Å². The molecule has 0 saturated heterocycles. The molecule has 1 aliphatic heterocycles. The number of aliphatic hydroxyl groups excluding tert-OH is 1. The Hall–Kier alpha value is -2.59. The summed E-state index contributed by atoms with van der Waals surface area (Å²) in [5.74, 6) is 2.00. The summed E-state index contributed by atoms with van der Waals surface area (Å²) in [5, 5.41) is 14.4. The first kappa shape index (κ1) is 16.9. The van der Waals surface area contributed by atoms with Gasteiger partial charge in [-0.05, 0) is 17.7 Å². The quantitative estimate of drug-likeness (QED) is 0.861. The molecule has 2 N–H and O–H groups in total. The van der Waals surface area contributed by atoms with E-state index in [2.05, 4.69) is 41.5 Å². The highest BCUT2D eigenvalue weighted by atomic mass is 16.5. The standard InChI is InChI=1S/C22H24N2O2/c1-15-17(21(25)19-13-24-22-18(19)10-6-12-23-22)9-5-11-20(15)26-14-16-7-3-2-4-8-16/h2-12,15,17,19,21,25H,13-14H2,1H3,(H,23,24). The van der Waals surface area contributed by atoms with Crippen molar-refractivity contribution in [3.8, 4) is 0 Å². The highest BCUT2D eigenvalue weighted by Gasteiger charge is 2.37. The van der Waals surface area contributed by atoms with Crippen LogP contribution in [0.15, 0.2) is 72.6 Å². The number of aliphatic hydroxyl groups is 1. The molecule has 0 spiro atoms. The normalized spacial score (nSPS) is 25.2. The summed E-state index contributed by atoms with van der Waals surface area (Å²) in [6.45, 7) is 3.39.